The summed E-state index contributed by atoms with van der Waals surface area (Å²) in [5.41, 5.74) is 1.56. The number of carboxylic acid groups (broad SMARTS) is 1. The van der Waals surface area contributed by atoms with Gasteiger partial charge >= 0.3 is 5.97 Å². The third-order valence-electron chi connectivity index (χ3n) is 3.22. The number of amides is 1. The summed E-state index contributed by atoms with van der Waals surface area (Å²) in [6.45, 7) is 4.04. The van der Waals surface area contributed by atoms with Crippen molar-refractivity contribution in [3.8, 4) is 11.1 Å². The molecule has 5 nitrogen and oxygen atoms in total. The monoisotopic (exact) mass is 336 g/mol. The predicted octanol–water partition coefficient (Wildman–Crippen LogP) is 3.28. The Labute approximate surface area is 137 Å². The number of hydrogen-bond donors (Lipinski definition) is 2. The summed E-state index contributed by atoms with van der Waals surface area (Å²) in [6, 6.07) is 4.09. The van der Waals surface area contributed by atoms with Crippen molar-refractivity contribution < 1.29 is 19.1 Å². The first-order valence-corrected chi connectivity index (χ1v) is 7.91. The lowest BCUT2D eigenvalue weighted by molar-refractivity contribution is -0.136. The van der Waals surface area contributed by atoms with Gasteiger partial charge in [0.25, 0.3) is 5.91 Å². The zero-order valence-electron chi connectivity index (χ0n) is 12.8. The summed E-state index contributed by atoms with van der Waals surface area (Å²) in [6.07, 6.45) is 1.49. The summed E-state index contributed by atoms with van der Waals surface area (Å²) in [5, 5.41) is 11.0. The fraction of sp³-hybridized carbons (Fsp3) is 0.312. The zero-order chi connectivity index (χ0) is 17.0. The van der Waals surface area contributed by atoms with Gasteiger partial charge < -0.3 is 10.4 Å². The molecule has 0 aliphatic carbocycles. The Hall–Kier alpha value is -2.28. The van der Waals surface area contributed by atoms with Crippen LogP contribution < -0.4 is 5.32 Å². The van der Waals surface area contributed by atoms with Crippen molar-refractivity contribution in [1.82, 2.24) is 9.69 Å². The molecule has 122 valence electrons. The van der Waals surface area contributed by atoms with E-state index in [1.54, 1.807) is 12.3 Å². The molecular formula is C16H17FN2O3S. The Bertz CT molecular complexity index is 728. The Balaban J connectivity index is 2.27. The quantitative estimate of drug-likeness (QED) is 0.848. The highest BCUT2D eigenvalue weighted by Gasteiger charge is 2.15. The number of carbonyl (C=O) groups excluding carboxylic acids is 1. The molecule has 2 N–H and O–H groups in total. The van der Waals surface area contributed by atoms with Gasteiger partial charge in [0.2, 0.25) is 0 Å². The number of aromatic nitrogens is 1. The third kappa shape index (κ3) is 4.35. The van der Waals surface area contributed by atoms with Gasteiger partial charge in [-0.15, -0.1) is 0 Å². The van der Waals surface area contributed by atoms with Gasteiger partial charge in [-0.25, -0.2) is 8.76 Å². The van der Waals surface area contributed by atoms with E-state index in [9.17, 15) is 14.0 Å². The summed E-state index contributed by atoms with van der Waals surface area (Å²) in [4.78, 5) is 23.5. The number of carboxylic acids is 1. The largest absolute Gasteiger partial charge is 0.481 e. The zero-order valence-corrected chi connectivity index (χ0v) is 13.6. The molecule has 0 spiro atoms. The highest BCUT2D eigenvalue weighted by molar-refractivity contribution is 7.06. The van der Waals surface area contributed by atoms with Crippen LogP contribution in [0.2, 0.25) is 0 Å². The molecule has 1 heterocycles. The molecule has 0 aliphatic rings. The first-order chi connectivity index (χ1) is 10.9. The van der Waals surface area contributed by atoms with Crippen LogP contribution in [0.15, 0.2) is 24.4 Å². The molecule has 1 aromatic heterocycles. The summed E-state index contributed by atoms with van der Waals surface area (Å²) >= 11 is 1.35. The van der Waals surface area contributed by atoms with E-state index in [2.05, 4.69) is 9.69 Å². The van der Waals surface area contributed by atoms with Crippen molar-refractivity contribution >= 4 is 23.4 Å². The van der Waals surface area contributed by atoms with Gasteiger partial charge in [0, 0.05) is 28.7 Å². The van der Waals surface area contributed by atoms with Gasteiger partial charge in [-0.05, 0) is 41.2 Å². The number of nitrogens with zero attached hydrogens (tertiary/aromatic N) is 1. The summed E-state index contributed by atoms with van der Waals surface area (Å²) in [5.74, 6) is -1.78. The van der Waals surface area contributed by atoms with Gasteiger partial charge in [-0.2, -0.15) is 0 Å². The van der Waals surface area contributed by atoms with E-state index in [0.717, 1.165) is 16.5 Å². The van der Waals surface area contributed by atoms with Crippen LogP contribution in [0, 0.1) is 5.82 Å². The second-order valence-corrected chi connectivity index (χ2v) is 6.22. The molecule has 2 aromatic rings. The average Bonchev–Trinajstić information content (AvgIpc) is 2.95. The lowest BCUT2D eigenvalue weighted by Crippen LogP contribution is -2.26. The molecule has 0 bridgehead atoms. The van der Waals surface area contributed by atoms with Crippen molar-refractivity contribution in [2.75, 3.05) is 6.54 Å². The number of carbonyl (C=O) groups is 2. The van der Waals surface area contributed by atoms with Crippen LogP contribution in [-0.2, 0) is 4.79 Å². The number of aliphatic carboxylic acids is 1. The molecule has 0 aliphatic heterocycles. The molecular weight excluding hydrogens is 319 g/mol. The maximum absolute atomic E-state index is 13.9. The minimum absolute atomic E-state index is 0.00271. The summed E-state index contributed by atoms with van der Waals surface area (Å²) in [7, 11) is 0. The van der Waals surface area contributed by atoms with E-state index < -0.39 is 17.7 Å². The van der Waals surface area contributed by atoms with Crippen molar-refractivity contribution in [3.05, 3.63) is 40.7 Å². The SMILES string of the molecule is CC(C)c1sncc1-c1cc(F)cc(C(=O)NCCC(=O)O)c1. The standard InChI is InChI=1S/C16H17FN2O3S/c1-9(2)15-13(8-19-23-15)10-5-11(7-12(17)6-10)16(22)18-4-3-14(20)21/h5-9H,3-4H2,1-2H3,(H,18,22)(H,20,21). The normalized spacial score (nSPS) is 10.8. The van der Waals surface area contributed by atoms with Crippen molar-refractivity contribution in [2.45, 2.75) is 26.2 Å². The lowest BCUT2D eigenvalue weighted by Gasteiger charge is -2.09. The van der Waals surface area contributed by atoms with E-state index in [4.69, 9.17) is 5.11 Å². The van der Waals surface area contributed by atoms with Gasteiger partial charge in [-0.3, -0.25) is 9.59 Å². The van der Waals surface area contributed by atoms with E-state index in [1.807, 2.05) is 13.8 Å². The number of nitrogens with one attached hydrogen (secondary N) is 1. The van der Waals surface area contributed by atoms with E-state index in [1.165, 1.54) is 17.6 Å². The number of hydrogen-bond acceptors (Lipinski definition) is 4. The third-order valence-corrected chi connectivity index (χ3v) is 4.32. The van der Waals surface area contributed by atoms with Crippen LogP contribution in [0.5, 0.6) is 0 Å². The van der Waals surface area contributed by atoms with E-state index in [-0.39, 0.29) is 24.4 Å². The average molecular weight is 336 g/mol. The Morgan fingerprint density at radius 2 is 2.09 bits per heavy atom. The fourth-order valence-corrected chi connectivity index (χ4v) is 2.89. The smallest absolute Gasteiger partial charge is 0.305 e. The van der Waals surface area contributed by atoms with E-state index in [0.29, 0.717) is 5.56 Å². The Kier molecular flexibility index (Phi) is 5.44. The van der Waals surface area contributed by atoms with Crippen LogP contribution in [-0.4, -0.2) is 27.9 Å². The predicted molar refractivity (Wildman–Crippen MR) is 86.2 cm³/mol. The van der Waals surface area contributed by atoms with E-state index >= 15 is 0 Å². The molecule has 2 rings (SSSR count). The molecule has 0 atom stereocenters. The minimum Gasteiger partial charge on any atom is -0.481 e. The molecule has 0 saturated heterocycles. The maximum atomic E-state index is 13.9. The number of benzene rings is 1. The molecule has 1 aromatic carbocycles. The van der Waals surface area contributed by atoms with Crippen molar-refractivity contribution in [1.29, 1.82) is 0 Å². The van der Waals surface area contributed by atoms with Crippen molar-refractivity contribution in [2.24, 2.45) is 0 Å². The van der Waals surface area contributed by atoms with Gasteiger partial charge in [0.05, 0.1) is 6.42 Å². The van der Waals surface area contributed by atoms with Crippen LogP contribution in [0.1, 0.15) is 41.4 Å². The molecule has 0 saturated carbocycles. The Morgan fingerprint density at radius 1 is 1.35 bits per heavy atom. The summed E-state index contributed by atoms with van der Waals surface area (Å²) < 4.78 is 18.0. The highest BCUT2D eigenvalue weighted by atomic mass is 32.1. The van der Waals surface area contributed by atoms with Gasteiger partial charge in [0.1, 0.15) is 5.82 Å². The lowest BCUT2D eigenvalue weighted by atomic mass is 10.00. The van der Waals surface area contributed by atoms with Crippen LogP contribution in [0.3, 0.4) is 0 Å². The Morgan fingerprint density at radius 3 is 2.74 bits per heavy atom. The second kappa shape index (κ2) is 7.32. The second-order valence-electron chi connectivity index (χ2n) is 5.39. The molecule has 23 heavy (non-hydrogen) atoms. The highest BCUT2D eigenvalue weighted by Crippen LogP contribution is 2.32. The minimum atomic E-state index is -1.00. The van der Waals surface area contributed by atoms with Crippen LogP contribution >= 0.6 is 11.5 Å². The van der Waals surface area contributed by atoms with Crippen molar-refractivity contribution in [3.63, 3.8) is 0 Å². The molecule has 1 amide bonds. The van der Waals surface area contributed by atoms with Gasteiger partial charge in [0.15, 0.2) is 0 Å². The molecule has 0 radical (unpaired) electrons. The number of halogens is 1. The van der Waals surface area contributed by atoms with Crippen LogP contribution in [0.25, 0.3) is 11.1 Å². The molecule has 0 unspecified atom stereocenters. The van der Waals surface area contributed by atoms with Crippen LogP contribution in [0.4, 0.5) is 4.39 Å². The number of rotatable bonds is 6. The fourth-order valence-electron chi connectivity index (χ4n) is 2.14. The molecule has 7 heteroatoms. The topological polar surface area (TPSA) is 79.3 Å². The van der Waals surface area contributed by atoms with Gasteiger partial charge in [-0.1, -0.05) is 13.8 Å². The first-order valence-electron chi connectivity index (χ1n) is 7.14. The first kappa shape index (κ1) is 17.1. The maximum Gasteiger partial charge on any atom is 0.305 e. The molecule has 0 fully saturated rings.